The second kappa shape index (κ2) is 7.80. The Morgan fingerprint density at radius 1 is 1.29 bits per heavy atom. The normalized spacial score (nSPS) is 11.0. The summed E-state index contributed by atoms with van der Waals surface area (Å²) in [5.41, 5.74) is 0. The molecular weight excluding hydrogens is 178 g/mol. The summed E-state index contributed by atoms with van der Waals surface area (Å²) in [6, 6.07) is 0.429. The minimum absolute atomic E-state index is 0.0983. The van der Waals surface area contributed by atoms with E-state index in [-0.39, 0.29) is 5.97 Å². The summed E-state index contributed by atoms with van der Waals surface area (Å²) in [7, 11) is 0. The molecule has 0 rings (SSSR count). The van der Waals surface area contributed by atoms with Gasteiger partial charge in [0.2, 0.25) is 0 Å². The Labute approximate surface area is 87.2 Å². The molecule has 0 aromatic carbocycles. The molecule has 0 aromatic rings. The maximum atomic E-state index is 11.1. The molecule has 0 radical (unpaired) electrons. The van der Waals surface area contributed by atoms with Gasteiger partial charge in [0.1, 0.15) is 0 Å². The third-order valence-corrected chi connectivity index (χ3v) is 1.84. The Morgan fingerprint density at radius 2 is 1.93 bits per heavy atom. The number of rotatable bonds is 7. The molecule has 0 atom stereocenters. The predicted octanol–water partition coefficient (Wildman–Crippen LogP) is 1.96. The van der Waals surface area contributed by atoms with Crippen LogP contribution in [0.25, 0.3) is 0 Å². The van der Waals surface area contributed by atoms with Gasteiger partial charge in [-0.25, -0.2) is 0 Å². The van der Waals surface area contributed by atoms with Gasteiger partial charge in [0.15, 0.2) is 0 Å². The summed E-state index contributed by atoms with van der Waals surface area (Å²) in [5, 5.41) is 3.17. The smallest absolute Gasteiger partial charge is 0.307 e. The monoisotopic (exact) mass is 201 g/mol. The molecule has 0 spiro atoms. The lowest BCUT2D eigenvalue weighted by molar-refractivity contribution is -0.143. The van der Waals surface area contributed by atoms with E-state index in [4.69, 9.17) is 4.74 Å². The van der Waals surface area contributed by atoms with Crippen molar-refractivity contribution in [2.24, 2.45) is 5.92 Å². The molecule has 0 aliphatic carbocycles. The van der Waals surface area contributed by atoms with E-state index in [1.165, 1.54) is 0 Å². The highest BCUT2D eigenvalue weighted by Gasteiger charge is 2.03. The Hall–Kier alpha value is -0.570. The van der Waals surface area contributed by atoms with Gasteiger partial charge in [0, 0.05) is 12.6 Å². The first-order valence-electron chi connectivity index (χ1n) is 5.41. The first kappa shape index (κ1) is 13.4. The number of nitrogens with one attached hydrogen (secondary N) is 1. The van der Waals surface area contributed by atoms with Gasteiger partial charge in [0.05, 0.1) is 13.0 Å². The molecular formula is C11H23NO2. The van der Waals surface area contributed by atoms with E-state index in [0.29, 0.717) is 31.5 Å². The van der Waals surface area contributed by atoms with Gasteiger partial charge in [0.25, 0.3) is 0 Å². The number of hydrogen-bond acceptors (Lipinski definition) is 3. The maximum Gasteiger partial charge on any atom is 0.307 e. The van der Waals surface area contributed by atoms with Crippen molar-refractivity contribution in [1.29, 1.82) is 0 Å². The molecule has 0 saturated carbocycles. The number of hydrogen-bond donors (Lipinski definition) is 1. The number of carbonyl (C=O) groups excluding carboxylic acids is 1. The molecule has 14 heavy (non-hydrogen) atoms. The summed E-state index contributed by atoms with van der Waals surface area (Å²) >= 11 is 0. The fraction of sp³-hybridized carbons (Fsp3) is 0.909. The summed E-state index contributed by atoms with van der Waals surface area (Å²) < 4.78 is 5.06. The maximum absolute atomic E-state index is 11.1. The van der Waals surface area contributed by atoms with Crippen LogP contribution < -0.4 is 5.32 Å². The molecule has 0 aliphatic rings. The molecule has 0 amide bonds. The van der Waals surface area contributed by atoms with Gasteiger partial charge in [-0.05, 0) is 12.3 Å². The highest BCUT2D eigenvalue weighted by Crippen LogP contribution is 1.99. The van der Waals surface area contributed by atoms with Crippen molar-refractivity contribution < 1.29 is 9.53 Å². The van der Waals surface area contributed by atoms with Crippen LogP contribution in [0.1, 0.15) is 40.5 Å². The lowest BCUT2D eigenvalue weighted by Gasteiger charge is -2.08. The Morgan fingerprint density at radius 3 is 2.43 bits per heavy atom. The van der Waals surface area contributed by atoms with E-state index in [1.54, 1.807) is 0 Å². The highest BCUT2D eigenvalue weighted by atomic mass is 16.5. The molecule has 0 heterocycles. The molecule has 0 fully saturated rings. The molecule has 0 unspecified atom stereocenters. The van der Waals surface area contributed by atoms with Crippen molar-refractivity contribution in [3.05, 3.63) is 0 Å². The van der Waals surface area contributed by atoms with Crippen LogP contribution in [0.3, 0.4) is 0 Å². The van der Waals surface area contributed by atoms with Gasteiger partial charge in [-0.1, -0.05) is 27.7 Å². The Balaban J connectivity index is 3.28. The van der Waals surface area contributed by atoms with Crippen LogP contribution in [-0.2, 0) is 9.53 Å². The third-order valence-electron chi connectivity index (χ3n) is 1.84. The zero-order valence-electron chi connectivity index (χ0n) is 9.80. The van der Waals surface area contributed by atoms with Gasteiger partial charge < -0.3 is 10.1 Å². The van der Waals surface area contributed by atoms with E-state index in [1.807, 2.05) is 0 Å². The zero-order valence-corrected chi connectivity index (χ0v) is 9.80. The minimum Gasteiger partial charge on any atom is -0.466 e. The average Bonchev–Trinajstić information content (AvgIpc) is 2.02. The van der Waals surface area contributed by atoms with Crippen LogP contribution >= 0.6 is 0 Å². The van der Waals surface area contributed by atoms with Crippen LogP contribution in [0.5, 0.6) is 0 Å². The number of carbonyl (C=O) groups is 1. The summed E-state index contributed by atoms with van der Waals surface area (Å²) in [4.78, 5) is 11.1. The Bertz CT molecular complexity index is 139. The van der Waals surface area contributed by atoms with Crippen LogP contribution in [0.4, 0.5) is 0 Å². The topological polar surface area (TPSA) is 38.3 Å². The van der Waals surface area contributed by atoms with Crippen LogP contribution in [0.15, 0.2) is 0 Å². The fourth-order valence-corrected chi connectivity index (χ4v) is 0.944. The van der Waals surface area contributed by atoms with Crippen molar-refractivity contribution in [3.63, 3.8) is 0 Å². The van der Waals surface area contributed by atoms with Crippen molar-refractivity contribution in [2.75, 3.05) is 13.2 Å². The zero-order chi connectivity index (χ0) is 11.0. The van der Waals surface area contributed by atoms with Crippen molar-refractivity contribution in [3.8, 4) is 0 Å². The molecule has 84 valence electrons. The lowest BCUT2D eigenvalue weighted by atomic mass is 10.1. The Kier molecular flexibility index (Phi) is 7.48. The van der Waals surface area contributed by atoms with Gasteiger partial charge in [-0.3, -0.25) is 4.79 Å². The second-order valence-corrected chi connectivity index (χ2v) is 4.26. The largest absolute Gasteiger partial charge is 0.466 e. The van der Waals surface area contributed by atoms with Crippen LogP contribution in [0.2, 0.25) is 0 Å². The average molecular weight is 201 g/mol. The molecule has 0 aliphatic heterocycles. The highest BCUT2D eigenvalue weighted by molar-refractivity contribution is 5.69. The first-order chi connectivity index (χ1) is 6.52. The summed E-state index contributed by atoms with van der Waals surface area (Å²) in [6.07, 6.45) is 1.42. The molecule has 0 saturated heterocycles. The van der Waals surface area contributed by atoms with E-state index in [9.17, 15) is 4.79 Å². The lowest BCUT2D eigenvalue weighted by Crippen LogP contribution is -2.26. The summed E-state index contributed by atoms with van der Waals surface area (Å²) in [6.45, 7) is 9.62. The SMILES string of the molecule is CC(C)CCOC(=O)CCNC(C)C. The second-order valence-electron chi connectivity index (χ2n) is 4.26. The van der Waals surface area contributed by atoms with Crippen molar-refractivity contribution >= 4 is 5.97 Å². The molecule has 3 nitrogen and oxygen atoms in total. The fourth-order valence-electron chi connectivity index (χ4n) is 0.944. The van der Waals surface area contributed by atoms with Crippen LogP contribution in [0, 0.1) is 5.92 Å². The van der Waals surface area contributed by atoms with Crippen molar-refractivity contribution in [2.45, 2.75) is 46.6 Å². The van der Waals surface area contributed by atoms with E-state index in [0.717, 1.165) is 6.42 Å². The minimum atomic E-state index is -0.0983. The third kappa shape index (κ3) is 9.52. The van der Waals surface area contributed by atoms with E-state index >= 15 is 0 Å². The first-order valence-corrected chi connectivity index (χ1v) is 5.41. The molecule has 0 bridgehead atoms. The van der Waals surface area contributed by atoms with Gasteiger partial charge in [-0.2, -0.15) is 0 Å². The summed E-state index contributed by atoms with van der Waals surface area (Å²) in [5.74, 6) is 0.496. The number of ether oxygens (including phenoxy) is 1. The van der Waals surface area contributed by atoms with Gasteiger partial charge in [-0.15, -0.1) is 0 Å². The molecule has 0 aromatic heterocycles. The van der Waals surface area contributed by atoms with E-state index < -0.39 is 0 Å². The quantitative estimate of drug-likeness (QED) is 0.640. The molecule has 3 heteroatoms. The van der Waals surface area contributed by atoms with Crippen molar-refractivity contribution in [1.82, 2.24) is 5.32 Å². The van der Waals surface area contributed by atoms with E-state index in [2.05, 4.69) is 33.0 Å². The predicted molar refractivity (Wildman–Crippen MR) is 58.2 cm³/mol. The van der Waals surface area contributed by atoms with Gasteiger partial charge >= 0.3 is 5.97 Å². The number of esters is 1. The standard InChI is InChI=1S/C11H23NO2/c1-9(2)6-8-14-11(13)5-7-12-10(3)4/h9-10,12H,5-8H2,1-4H3. The van der Waals surface area contributed by atoms with Crippen LogP contribution in [-0.4, -0.2) is 25.2 Å². The molecule has 1 N–H and O–H groups in total.